The number of hydrazine groups is 1. The van der Waals surface area contributed by atoms with Crippen LogP contribution in [0.5, 0.6) is 0 Å². The molecule has 4 nitrogen and oxygen atoms in total. The fourth-order valence-corrected chi connectivity index (χ4v) is 7.58. The maximum absolute atomic E-state index is 5.73. The van der Waals surface area contributed by atoms with Gasteiger partial charge in [0.1, 0.15) is 0 Å². The highest BCUT2D eigenvalue weighted by Gasteiger charge is 2.27. The molecule has 6 heteroatoms. The summed E-state index contributed by atoms with van der Waals surface area (Å²) in [7, 11) is 0. The zero-order chi connectivity index (χ0) is 33.4. The normalized spacial score (nSPS) is 16.9. The number of hydrogen-bond acceptors (Lipinski definition) is 5. The molecule has 2 aromatic heterocycles. The van der Waals surface area contributed by atoms with Crippen LogP contribution in [-0.2, 0) is 19.4 Å². The van der Waals surface area contributed by atoms with Crippen molar-refractivity contribution in [2.75, 3.05) is 6.54 Å². The molecular formula is C40H54N4S2. The van der Waals surface area contributed by atoms with Crippen LogP contribution in [0.2, 0.25) is 0 Å². The van der Waals surface area contributed by atoms with E-state index in [-0.39, 0.29) is 10.8 Å². The largest absolute Gasteiger partial charge is 0.341 e. The minimum atomic E-state index is 0.0495. The van der Waals surface area contributed by atoms with Gasteiger partial charge in [-0.2, -0.15) is 12.6 Å². The summed E-state index contributed by atoms with van der Waals surface area (Å²) in [4.78, 5) is 5.11. The molecule has 1 fully saturated rings. The van der Waals surface area contributed by atoms with Crippen LogP contribution in [0.3, 0.4) is 0 Å². The molecule has 0 aliphatic carbocycles. The Hall–Kier alpha value is -2.98. The molecule has 246 valence electrons. The highest BCUT2D eigenvalue weighted by atomic mass is 32.1. The van der Waals surface area contributed by atoms with E-state index in [0.717, 1.165) is 86.4 Å². The van der Waals surface area contributed by atoms with Crippen LogP contribution in [-0.4, -0.2) is 26.5 Å². The Morgan fingerprint density at radius 3 is 2.78 bits per heavy atom. The molecule has 0 saturated carbocycles. The lowest BCUT2D eigenvalue weighted by Crippen LogP contribution is -2.46. The van der Waals surface area contributed by atoms with Gasteiger partial charge in [-0.3, -0.25) is 0 Å². The van der Waals surface area contributed by atoms with Crippen LogP contribution in [0.25, 0.3) is 27.7 Å². The van der Waals surface area contributed by atoms with Crippen LogP contribution in [0, 0.1) is 23.7 Å². The Morgan fingerprint density at radius 2 is 2.11 bits per heavy atom. The molecule has 1 aliphatic rings. The maximum Gasteiger partial charge on any atom is 0.0936 e. The number of terminal acetylenes is 1. The van der Waals surface area contributed by atoms with Crippen molar-refractivity contribution in [2.24, 2.45) is 11.3 Å². The molecule has 0 spiro atoms. The first-order valence-electron chi connectivity index (χ1n) is 17.0. The van der Waals surface area contributed by atoms with Crippen molar-refractivity contribution >= 4 is 40.4 Å². The molecule has 3 aromatic rings. The number of nitrogens with one attached hydrogen (secondary N) is 1. The van der Waals surface area contributed by atoms with Crippen molar-refractivity contribution < 1.29 is 0 Å². The van der Waals surface area contributed by atoms with Crippen molar-refractivity contribution in [1.29, 1.82) is 0 Å². The Kier molecular flexibility index (Phi) is 12.6. The first kappa shape index (κ1) is 35.9. The van der Waals surface area contributed by atoms with Gasteiger partial charge in [-0.05, 0) is 87.0 Å². The smallest absolute Gasteiger partial charge is 0.0936 e. The molecule has 2 atom stereocenters. The van der Waals surface area contributed by atoms with E-state index in [2.05, 4.69) is 124 Å². The van der Waals surface area contributed by atoms with Gasteiger partial charge in [0.15, 0.2) is 0 Å². The highest BCUT2D eigenvalue weighted by Crippen LogP contribution is 2.41. The Morgan fingerprint density at radius 1 is 1.33 bits per heavy atom. The Labute approximate surface area is 288 Å². The summed E-state index contributed by atoms with van der Waals surface area (Å²) < 4.78 is 2.52. The van der Waals surface area contributed by atoms with Crippen LogP contribution in [0.1, 0.15) is 96.3 Å². The van der Waals surface area contributed by atoms with Crippen molar-refractivity contribution in [3.05, 3.63) is 82.5 Å². The Balaban J connectivity index is 1.78. The van der Waals surface area contributed by atoms with E-state index in [1.54, 1.807) is 11.3 Å². The summed E-state index contributed by atoms with van der Waals surface area (Å²) in [6, 6.07) is 6.94. The van der Waals surface area contributed by atoms with E-state index in [9.17, 15) is 0 Å². The molecular weight excluding hydrogens is 601 g/mol. The van der Waals surface area contributed by atoms with Crippen LogP contribution in [0.15, 0.2) is 66.2 Å². The van der Waals surface area contributed by atoms with Gasteiger partial charge in [-0.1, -0.05) is 70.7 Å². The lowest BCUT2D eigenvalue weighted by Gasteiger charge is -2.34. The summed E-state index contributed by atoms with van der Waals surface area (Å²) in [6.45, 7) is 24.1. The average molecular weight is 655 g/mol. The van der Waals surface area contributed by atoms with Crippen molar-refractivity contribution in [3.63, 3.8) is 0 Å². The van der Waals surface area contributed by atoms with Crippen molar-refractivity contribution in [1.82, 2.24) is 20.0 Å². The van der Waals surface area contributed by atoms with Crippen LogP contribution < -0.4 is 5.43 Å². The minimum Gasteiger partial charge on any atom is -0.341 e. The quantitative estimate of drug-likeness (QED) is 0.0972. The molecule has 1 saturated heterocycles. The van der Waals surface area contributed by atoms with E-state index in [1.807, 2.05) is 6.08 Å². The third-order valence-electron chi connectivity index (χ3n) is 9.54. The second kappa shape index (κ2) is 16.2. The van der Waals surface area contributed by atoms with Gasteiger partial charge in [0.25, 0.3) is 0 Å². The van der Waals surface area contributed by atoms with Gasteiger partial charge in [0, 0.05) is 53.5 Å². The van der Waals surface area contributed by atoms with E-state index in [0.29, 0.717) is 5.92 Å². The summed E-state index contributed by atoms with van der Waals surface area (Å²) in [6.07, 6.45) is 19.7. The van der Waals surface area contributed by atoms with Crippen LogP contribution in [0.4, 0.5) is 0 Å². The third-order valence-corrected chi connectivity index (χ3v) is 10.8. The van der Waals surface area contributed by atoms with Gasteiger partial charge in [0.05, 0.1) is 21.8 Å². The molecule has 1 N–H and O–H groups in total. The number of benzene rings is 1. The number of fused-ring (bicyclic) bond motifs is 1. The van der Waals surface area contributed by atoms with Crippen molar-refractivity contribution in [3.8, 4) is 23.6 Å². The summed E-state index contributed by atoms with van der Waals surface area (Å²) in [5.74, 6) is 3.35. The number of thiazole rings is 1. The molecule has 1 aromatic carbocycles. The van der Waals surface area contributed by atoms with Crippen molar-refractivity contribution in [2.45, 2.75) is 105 Å². The molecule has 0 bridgehead atoms. The van der Waals surface area contributed by atoms with Gasteiger partial charge < -0.3 is 9.58 Å². The van der Waals surface area contributed by atoms with Gasteiger partial charge in [-0.15, -0.1) is 23.7 Å². The standard InChI is InChI=1S/C40H54N4S2/c1-10-14-17-32(30(7)28(5)12-3)39-34(26-40(8,9)23-15-11-2)33-25-31(20-21-36(33)43(39)13-4)35-27-46-38(41-35)22-19-29(6)44-24-16-18-37(45)42-44/h2,10,14,17,20-21,25,27-28,37,42,45H,1,6,12-13,15-16,18-19,22-24,26H2,3-5,7-9H3/b17-14-,32-30-. The maximum atomic E-state index is 5.73. The van der Waals surface area contributed by atoms with E-state index in [4.69, 9.17) is 11.4 Å². The summed E-state index contributed by atoms with van der Waals surface area (Å²) in [5, 5.41) is 7.03. The second-order valence-electron chi connectivity index (χ2n) is 13.5. The number of thiol groups is 1. The molecule has 1 aliphatic heterocycles. The number of allylic oxidation sites excluding steroid dienone is 6. The average Bonchev–Trinajstić information content (AvgIpc) is 3.64. The lowest BCUT2D eigenvalue weighted by atomic mass is 9.79. The molecule has 3 heterocycles. The second-order valence-corrected chi connectivity index (χ2v) is 15.0. The minimum absolute atomic E-state index is 0.0495. The monoisotopic (exact) mass is 654 g/mol. The fourth-order valence-electron chi connectivity index (χ4n) is 6.45. The topological polar surface area (TPSA) is 33.1 Å². The highest BCUT2D eigenvalue weighted by molar-refractivity contribution is 7.80. The predicted molar refractivity (Wildman–Crippen MR) is 205 cm³/mol. The Bertz CT molecular complexity index is 1630. The molecule has 2 unspecified atom stereocenters. The third kappa shape index (κ3) is 8.48. The number of rotatable bonds is 15. The number of aryl methyl sites for hydroxylation is 2. The van der Waals surface area contributed by atoms with E-state index in [1.165, 1.54) is 33.3 Å². The number of nitrogens with zero attached hydrogens (tertiary/aromatic N) is 3. The SMILES string of the molecule is C#CCCC(C)(C)Cc1c(C(/C=C\C=C)=C(/C)C(C)CC)n(CC)c2ccc(-c3csc(CCC(=C)N4CCCC(S)N4)n3)cc12. The number of aromatic nitrogens is 2. The van der Waals surface area contributed by atoms with Gasteiger partial charge in [0.2, 0.25) is 0 Å². The van der Waals surface area contributed by atoms with E-state index < -0.39 is 0 Å². The lowest BCUT2D eigenvalue weighted by molar-refractivity contribution is 0.186. The predicted octanol–water partition coefficient (Wildman–Crippen LogP) is 10.6. The van der Waals surface area contributed by atoms with Gasteiger partial charge >= 0.3 is 0 Å². The molecule has 0 radical (unpaired) electrons. The first-order chi connectivity index (χ1) is 22.0. The molecule has 4 rings (SSSR count). The first-order valence-corrected chi connectivity index (χ1v) is 18.4. The number of hydrogen-bond donors (Lipinski definition) is 2. The van der Waals surface area contributed by atoms with Gasteiger partial charge in [-0.25, -0.2) is 10.4 Å². The zero-order valence-electron chi connectivity index (χ0n) is 29.0. The van der Waals surface area contributed by atoms with E-state index >= 15 is 0 Å². The summed E-state index contributed by atoms with van der Waals surface area (Å²) >= 11 is 6.35. The summed E-state index contributed by atoms with van der Waals surface area (Å²) in [5.41, 5.74) is 13.5. The zero-order valence-corrected chi connectivity index (χ0v) is 30.7. The molecule has 46 heavy (non-hydrogen) atoms. The fraction of sp³-hybridized carbons (Fsp3) is 0.475. The van der Waals surface area contributed by atoms with Crippen LogP contribution >= 0.6 is 24.0 Å². The molecule has 0 amide bonds.